The maximum absolute atomic E-state index is 4.24. The van der Waals surface area contributed by atoms with Gasteiger partial charge in [0, 0.05) is 11.8 Å². The molecule has 1 N–H and O–H groups in total. The van der Waals surface area contributed by atoms with Crippen molar-refractivity contribution in [3.63, 3.8) is 0 Å². The normalized spacial score (nSPS) is 36.3. The van der Waals surface area contributed by atoms with Crippen molar-refractivity contribution in [3.05, 3.63) is 23.9 Å². The van der Waals surface area contributed by atoms with Gasteiger partial charge in [-0.1, -0.05) is 0 Å². The molecule has 0 saturated heterocycles. The lowest BCUT2D eigenvalue weighted by Crippen LogP contribution is -2.32. The first-order chi connectivity index (χ1) is 4.31. The molecule has 0 aliphatic carbocycles. The molecule has 2 nitrogen and oxygen atoms in total. The van der Waals surface area contributed by atoms with E-state index in [0.29, 0.717) is 0 Å². The summed E-state index contributed by atoms with van der Waals surface area (Å²) in [6.07, 6.45) is 7.84. The van der Waals surface area contributed by atoms with E-state index in [2.05, 4.69) is 17.2 Å². The number of rotatable bonds is 0. The molecule has 0 aromatic carbocycles. The molecule has 0 radical (unpaired) electrons. The van der Waals surface area contributed by atoms with E-state index in [9.17, 15) is 0 Å². The summed E-state index contributed by atoms with van der Waals surface area (Å²) in [6, 6.07) is 0. The molecule has 0 fully saturated rings. The van der Waals surface area contributed by atoms with Gasteiger partial charge in [0.25, 0.3) is 0 Å². The molecule has 2 heteroatoms. The monoisotopic (exact) mass is 120 g/mol. The predicted octanol–water partition coefficient (Wildman–Crippen LogP) is 0.830. The van der Waals surface area contributed by atoms with Crippen molar-refractivity contribution in [2.75, 3.05) is 0 Å². The first-order valence-corrected chi connectivity index (χ1v) is 3.01. The SMILES string of the molecule is CC12N=CC=C1C=CN2. The van der Waals surface area contributed by atoms with Gasteiger partial charge in [0.05, 0.1) is 0 Å². The lowest BCUT2D eigenvalue weighted by atomic mass is 10.1. The van der Waals surface area contributed by atoms with Gasteiger partial charge in [0.15, 0.2) is 5.66 Å². The van der Waals surface area contributed by atoms with Crippen LogP contribution in [0, 0.1) is 0 Å². The van der Waals surface area contributed by atoms with Gasteiger partial charge in [0.2, 0.25) is 0 Å². The van der Waals surface area contributed by atoms with Crippen LogP contribution in [0.4, 0.5) is 0 Å². The Hall–Kier alpha value is -1.05. The van der Waals surface area contributed by atoms with E-state index in [4.69, 9.17) is 0 Å². The second kappa shape index (κ2) is 1.26. The van der Waals surface area contributed by atoms with Crippen molar-refractivity contribution >= 4 is 6.21 Å². The zero-order chi connectivity index (χ0) is 6.32. The first-order valence-electron chi connectivity index (χ1n) is 3.01. The fourth-order valence-corrected chi connectivity index (χ4v) is 1.14. The maximum Gasteiger partial charge on any atom is 0.152 e. The highest BCUT2D eigenvalue weighted by Gasteiger charge is 2.30. The molecule has 1 atom stereocenters. The number of hydrogen-bond donors (Lipinski definition) is 1. The average Bonchev–Trinajstić information content (AvgIpc) is 2.22. The summed E-state index contributed by atoms with van der Waals surface area (Å²) in [5.41, 5.74) is 1.13. The van der Waals surface area contributed by atoms with Crippen molar-refractivity contribution in [2.24, 2.45) is 4.99 Å². The minimum atomic E-state index is -0.125. The molecule has 2 rings (SSSR count). The molecule has 2 aliphatic rings. The van der Waals surface area contributed by atoms with Gasteiger partial charge in [0.1, 0.15) is 0 Å². The van der Waals surface area contributed by atoms with Crippen LogP contribution in [-0.4, -0.2) is 11.9 Å². The Labute approximate surface area is 54.0 Å². The molecule has 0 aromatic rings. The van der Waals surface area contributed by atoms with E-state index in [0.717, 1.165) is 0 Å². The fraction of sp³-hybridized carbons (Fsp3) is 0.286. The standard InChI is InChI=1S/C7H8N2/c1-7-6(2-4-8-7)3-5-9-7/h2-5,8H,1H3. The third-order valence-electron chi connectivity index (χ3n) is 1.78. The van der Waals surface area contributed by atoms with Crippen molar-refractivity contribution < 1.29 is 0 Å². The molecule has 0 amide bonds. The van der Waals surface area contributed by atoms with Gasteiger partial charge in [-0.05, 0) is 25.3 Å². The van der Waals surface area contributed by atoms with Crippen LogP contribution in [0.2, 0.25) is 0 Å². The van der Waals surface area contributed by atoms with Gasteiger partial charge in [-0.2, -0.15) is 0 Å². The van der Waals surface area contributed by atoms with Crippen LogP contribution in [0.25, 0.3) is 0 Å². The molecule has 0 aromatic heterocycles. The molecule has 1 unspecified atom stereocenters. The summed E-state index contributed by atoms with van der Waals surface area (Å²) in [5, 5.41) is 3.15. The Balaban J connectivity index is 2.48. The maximum atomic E-state index is 4.24. The molecule has 9 heavy (non-hydrogen) atoms. The molecule has 0 saturated carbocycles. The number of nitrogens with zero attached hydrogens (tertiary/aromatic N) is 1. The Kier molecular flexibility index (Phi) is 0.673. The van der Waals surface area contributed by atoms with Gasteiger partial charge < -0.3 is 5.32 Å². The smallest absolute Gasteiger partial charge is 0.152 e. The Morgan fingerprint density at radius 1 is 1.67 bits per heavy atom. The number of allylic oxidation sites excluding steroid dienone is 1. The number of fused-ring (bicyclic) bond motifs is 1. The summed E-state index contributed by atoms with van der Waals surface area (Å²) in [4.78, 5) is 4.24. The van der Waals surface area contributed by atoms with Crippen molar-refractivity contribution in [2.45, 2.75) is 12.6 Å². The van der Waals surface area contributed by atoms with Gasteiger partial charge >= 0.3 is 0 Å². The molecular formula is C7H8N2. The van der Waals surface area contributed by atoms with Crippen LogP contribution in [0.1, 0.15) is 6.92 Å². The van der Waals surface area contributed by atoms with E-state index in [-0.39, 0.29) is 5.66 Å². The van der Waals surface area contributed by atoms with Crippen LogP contribution in [-0.2, 0) is 0 Å². The molecule has 2 heterocycles. The zero-order valence-electron chi connectivity index (χ0n) is 5.26. The molecule has 46 valence electrons. The highest BCUT2D eigenvalue weighted by molar-refractivity contribution is 5.79. The van der Waals surface area contributed by atoms with Crippen molar-refractivity contribution in [1.29, 1.82) is 0 Å². The van der Waals surface area contributed by atoms with Crippen LogP contribution in [0.15, 0.2) is 28.9 Å². The minimum Gasteiger partial charge on any atom is -0.364 e. The second-order valence-electron chi connectivity index (χ2n) is 2.45. The Bertz CT molecular complexity index is 225. The van der Waals surface area contributed by atoms with Crippen molar-refractivity contribution in [3.8, 4) is 0 Å². The third-order valence-corrected chi connectivity index (χ3v) is 1.78. The predicted molar refractivity (Wildman–Crippen MR) is 37.3 cm³/mol. The largest absolute Gasteiger partial charge is 0.364 e. The van der Waals surface area contributed by atoms with Gasteiger partial charge in [-0.3, -0.25) is 4.99 Å². The lowest BCUT2D eigenvalue weighted by Gasteiger charge is -2.17. The topological polar surface area (TPSA) is 24.4 Å². The Morgan fingerprint density at radius 3 is 3.33 bits per heavy atom. The minimum absolute atomic E-state index is 0.125. The zero-order valence-corrected chi connectivity index (χ0v) is 5.26. The highest BCUT2D eigenvalue weighted by Crippen LogP contribution is 2.26. The number of nitrogens with one attached hydrogen (secondary N) is 1. The number of aliphatic imine (C=N–C) groups is 1. The summed E-state index contributed by atoms with van der Waals surface area (Å²) in [6.45, 7) is 2.06. The van der Waals surface area contributed by atoms with E-state index in [1.807, 2.05) is 24.6 Å². The van der Waals surface area contributed by atoms with Crippen molar-refractivity contribution in [1.82, 2.24) is 5.32 Å². The lowest BCUT2D eigenvalue weighted by molar-refractivity contribution is 0.537. The fourth-order valence-electron chi connectivity index (χ4n) is 1.14. The second-order valence-corrected chi connectivity index (χ2v) is 2.45. The molecule has 0 bridgehead atoms. The summed E-state index contributed by atoms with van der Waals surface area (Å²) in [5.74, 6) is 0. The molecule has 2 aliphatic heterocycles. The van der Waals surface area contributed by atoms with E-state index >= 15 is 0 Å². The van der Waals surface area contributed by atoms with Crippen LogP contribution in [0.3, 0.4) is 0 Å². The van der Waals surface area contributed by atoms with Crippen LogP contribution < -0.4 is 5.32 Å². The molecular weight excluding hydrogens is 112 g/mol. The third kappa shape index (κ3) is 0.474. The van der Waals surface area contributed by atoms with E-state index in [1.165, 1.54) is 5.57 Å². The summed E-state index contributed by atoms with van der Waals surface area (Å²) in [7, 11) is 0. The van der Waals surface area contributed by atoms with E-state index < -0.39 is 0 Å². The van der Waals surface area contributed by atoms with Crippen LogP contribution in [0.5, 0.6) is 0 Å². The van der Waals surface area contributed by atoms with E-state index in [1.54, 1.807) is 0 Å². The van der Waals surface area contributed by atoms with Crippen LogP contribution >= 0.6 is 0 Å². The average molecular weight is 120 g/mol. The quantitative estimate of drug-likeness (QED) is 0.503. The summed E-state index contributed by atoms with van der Waals surface area (Å²) < 4.78 is 0. The highest BCUT2D eigenvalue weighted by atomic mass is 15.1. The number of hydrogen-bond acceptors (Lipinski definition) is 2. The molecule has 0 spiro atoms. The van der Waals surface area contributed by atoms with Gasteiger partial charge in [-0.25, -0.2) is 0 Å². The van der Waals surface area contributed by atoms with Gasteiger partial charge in [-0.15, -0.1) is 0 Å². The first kappa shape index (κ1) is 4.79. The Morgan fingerprint density at radius 2 is 2.56 bits per heavy atom. The summed E-state index contributed by atoms with van der Waals surface area (Å²) >= 11 is 0.